The number of carbonyl (C=O) groups is 3. The van der Waals surface area contributed by atoms with Crippen LogP contribution in [0.3, 0.4) is 0 Å². The summed E-state index contributed by atoms with van der Waals surface area (Å²) in [5.74, 6) is -1.51. The van der Waals surface area contributed by atoms with E-state index in [0.717, 1.165) is 31.5 Å². The van der Waals surface area contributed by atoms with Crippen molar-refractivity contribution in [2.45, 2.75) is 50.7 Å². The number of nitriles is 1. The van der Waals surface area contributed by atoms with Gasteiger partial charge in [-0.25, -0.2) is 4.39 Å². The van der Waals surface area contributed by atoms with Crippen LogP contribution in [0.1, 0.15) is 64.2 Å². The van der Waals surface area contributed by atoms with Gasteiger partial charge in [-0.2, -0.15) is 5.26 Å². The van der Waals surface area contributed by atoms with Crippen LogP contribution < -0.4 is 5.32 Å². The predicted molar refractivity (Wildman–Crippen MR) is 123 cm³/mol. The molecule has 3 amide bonds. The minimum atomic E-state index is -0.721. The second kappa shape index (κ2) is 9.12. The van der Waals surface area contributed by atoms with Crippen molar-refractivity contribution in [3.05, 3.63) is 64.0 Å². The third kappa shape index (κ3) is 4.37. The van der Waals surface area contributed by atoms with Gasteiger partial charge in [0.15, 0.2) is 0 Å². The van der Waals surface area contributed by atoms with E-state index < -0.39 is 17.8 Å². The number of hydrogen-bond donors (Lipinski definition) is 2. The fourth-order valence-electron chi connectivity index (χ4n) is 5.33. The summed E-state index contributed by atoms with van der Waals surface area (Å²) in [6.07, 6.45) is 1.91. The SMILES string of the molecule is N#Cc1ccc(CN2CCC(c3cc4c(cc3F)C(=O)N(C3CCC(=O)NC3=O)C4)CC2)c(O)c1. The van der Waals surface area contributed by atoms with E-state index in [-0.39, 0.29) is 48.4 Å². The molecule has 1 unspecified atom stereocenters. The van der Waals surface area contributed by atoms with Crippen molar-refractivity contribution >= 4 is 17.7 Å². The van der Waals surface area contributed by atoms with Gasteiger partial charge >= 0.3 is 0 Å². The Balaban J connectivity index is 1.26. The van der Waals surface area contributed by atoms with Gasteiger partial charge in [-0.3, -0.25) is 24.6 Å². The molecule has 0 aliphatic carbocycles. The van der Waals surface area contributed by atoms with Crippen molar-refractivity contribution in [2.75, 3.05) is 13.1 Å². The van der Waals surface area contributed by atoms with E-state index in [2.05, 4.69) is 10.2 Å². The van der Waals surface area contributed by atoms with Crippen LogP contribution in [0, 0.1) is 17.1 Å². The zero-order valence-electron chi connectivity index (χ0n) is 19.1. The first-order valence-electron chi connectivity index (χ1n) is 11.8. The summed E-state index contributed by atoms with van der Waals surface area (Å²) in [7, 11) is 0. The molecule has 5 rings (SSSR count). The second-order valence-electron chi connectivity index (χ2n) is 9.44. The number of phenolic OH excluding ortho intramolecular Hbond substituents is 1. The van der Waals surface area contributed by atoms with E-state index in [0.29, 0.717) is 23.2 Å². The number of rotatable bonds is 4. The Labute approximate surface area is 201 Å². The fourth-order valence-corrected chi connectivity index (χ4v) is 5.33. The molecular weight excluding hydrogens is 451 g/mol. The Hall–Kier alpha value is -3.77. The van der Waals surface area contributed by atoms with Crippen molar-refractivity contribution in [1.29, 1.82) is 5.26 Å². The number of nitrogens with one attached hydrogen (secondary N) is 1. The Bertz CT molecular complexity index is 1260. The molecule has 2 aromatic carbocycles. The summed E-state index contributed by atoms with van der Waals surface area (Å²) in [6.45, 7) is 2.22. The minimum Gasteiger partial charge on any atom is -0.508 e. The van der Waals surface area contributed by atoms with Crippen LogP contribution in [0.5, 0.6) is 5.75 Å². The Kier molecular flexibility index (Phi) is 5.99. The van der Waals surface area contributed by atoms with Crippen molar-refractivity contribution in [2.24, 2.45) is 0 Å². The topological polar surface area (TPSA) is 114 Å². The van der Waals surface area contributed by atoms with Crippen LogP contribution in [-0.4, -0.2) is 51.8 Å². The lowest BCUT2D eigenvalue weighted by molar-refractivity contribution is -0.136. The van der Waals surface area contributed by atoms with Gasteiger partial charge in [-0.05, 0) is 67.6 Å². The van der Waals surface area contributed by atoms with E-state index in [1.54, 1.807) is 18.2 Å². The van der Waals surface area contributed by atoms with E-state index in [9.17, 15) is 19.5 Å². The second-order valence-corrected chi connectivity index (χ2v) is 9.44. The van der Waals surface area contributed by atoms with Crippen molar-refractivity contribution in [1.82, 2.24) is 15.1 Å². The summed E-state index contributed by atoms with van der Waals surface area (Å²) >= 11 is 0. The van der Waals surface area contributed by atoms with Gasteiger partial charge in [0.2, 0.25) is 11.8 Å². The summed E-state index contributed by atoms with van der Waals surface area (Å²) < 4.78 is 15.1. The number of imide groups is 1. The fraction of sp³-hybridized carbons (Fsp3) is 0.385. The van der Waals surface area contributed by atoms with Crippen LogP contribution in [0.2, 0.25) is 0 Å². The molecule has 0 aromatic heterocycles. The van der Waals surface area contributed by atoms with E-state index in [4.69, 9.17) is 5.26 Å². The lowest BCUT2D eigenvalue weighted by Crippen LogP contribution is -2.52. The molecular formula is C26H25FN4O4. The molecule has 0 saturated carbocycles. The van der Waals surface area contributed by atoms with Crippen molar-refractivity contribution in [3.63, 3.8) is 0 Å². The van der Waals surface area contributed by atoms with E-state index in [1.165, 1.54) is 17.0 Å². The van der Waals surface area contributed by atoms with Gasteiger partial charge in [0.05, 0.1) is 11.6 Å². The molecule has 0 bridgehead atoms. The zero-order chi connectivity index (χ0) is 24.7. The molecule has 0 radical (unpaired) electrons. The first-order valence-corrected chi connectivity index (χ1v) is 11.8. The first kappa shape index (κ1) is 23.0. The van der Waals surface area contributed by atoms with E-state index in [1.807, 2.05) is 6.07 Å². The van der Waals surface area contributed by atoms with Crippen LogP contribution >= 0.6 is 0 Å². The summed E-state index contributed by atoms with van der Waals surface area (Å²) in [5.41, 5.74) is 2.73. The number of amides is 3. The third-order valence-corrected chi connectivity index (χ3v) is 7.28. The maximum absolute atomic E-state index is 15.1. The van der Waals surface area contributed by atoms with Gasteiger partial charge in [0.1, 0.15) is 17.6 Å². The standard InChI is InChI=1S/C26H25FN4O4/c27-21-11-20-18(14-31(26(20)35)22-3-4-24(33)29-25(22)34)10-19(21)16-5-7-30(8-6-16)13-17-2-1-15(12-28)9-23(17)32/h1-2,9-11,16,22,32H,3-8,13-14H2,(H,29,33,34). The molecule has 2 aromatic rings. The number of likely N-dealkylation sites (tertiary alicyclic amines) is 1. The van der Waals surface area contributed by atoms with Crippen molar-refractivity contribution in [3.8, 4) is 11.8 Å². The Morgan fingerprint density at radius 2 is 1.89 bits per heavy atom. The lowest BCUT2D eigenvalue weighted by atomic mass is 9.87. The molecule has 3 aliphatic rings. The smallest absolute Gasteiger partial charge is 0.255 e. The van der Waals surface area contributed by atoms with Crippen LogP contribution in [-0.2, 0) is 22.7 Å². The monoisotopic (exact) mass is 476 g/mol. The first-order chi connectivity index (χ1) is 16.8. The molecule has 1 atom stereocenters. The molecule has 2 saturated heterocycles. The quantitative estimate of drug-likeness (QED) is 0.656. The largest absolute Gasteiger partial charge is 0.508 e. The Morgan fingerprint density at radius 1 is 1.11 bits per heavy atom. The molecule has 3 heterocycles. The highest BCUT2D eigenvalue weighted by Gasteiger charge is 2.40. The van der Waals surface area contributed by atoms with Crippen LogP contribution in [0.4, 0.5) is 4.39 Å². The third-order valence-electron chi connectivity index (χ3n) is 7.28. The molecule has 2 fully saturated rings. The average Bonchev–Trinajstić information content (AvgIpc) is 3.15. The number of halogens is 1. The lowest BCUT2D eigenvalue weighted by Gasteiger charge is -2.32. The molecule has 2 N–H and O–H groups in total. The highest BCUT2D eigenvalue weighted by atomic mass is 19.1. The van der Waals surface area contributed by atoms with Crippen LogP contribution in [0.15, 0.2) is 30.3 Å². The maximum Gasteiger partial charge on any atom is 0.255 e. The van der Waals surface area contributed by atoms with Crippen LogP contribution in [0.25, 0.3) is 0 Å². The molecule has 8 nitrogen and oxygen atoms in total. The van der Waals surface area contributed by atoms with Gasteiger partial charge in [-0.1, -0.05) is 12.1 Å². The van der Waals surface area contributed by atoms with Gasteiger partial charge in [0.25, 0.3) is 5.91 Å². The summed E-state index contributed by atoms with van der Waals surface area (Å²) in [4.78, 5) is 40.2. The number of hydrogen-bond acceptors (Lipinski definition) is 6. The Morgan fingerprint density at radius 3 is 2.57 bits per heavy atom. The van der Waals surface area contributed by atoms with Gasteiger partial charge in [0, 0.05) is 30.6 Å². The number of aromatic hydroxyl groups is 1. The molecule has 180 valence electrons. The predicted octanol–water partition coefficient (Wildman–Crippen LogP) is 2.54. The average molecular weight is 477 g/mol. The molecule has 35 heavy (non-hydrogen) atoms. The highest BCUT2D eigenvalue weighted by Crippen LogP contribution is 2.36. The number of benzene rings is 2. The minimum absolute atomic E-state index is 0.00543. The highest BCUT2D eigenvalue weighted by molar-refractivity contribution is 6.05. The number of carbonyl (C=O) groups excluding carboxylic acids is 3. The van der Waals surface area contributed by atoms with Crippen molar-refractivity contribution < 1.29 is 23.9 Å². The molecule has 9 heteroatoms. The molecule has 3 aliphatic heterocycles. The zero-order valence-corrected chi connectivity index (χ0v) is 19.1. The summed E-state index contributed by atoms with van der Waals surface area (Å²) in [5, 5.41) is 21.4. The van der Waals surface area contributed by atoms with E-state index >= 15 is 4.39 Å². The molecule has 0 spiro atoms. The number of fused-ring (bicyclic) bond motifs is 1. The maximum atomic E-state index is 15.1. The number of piperidine rings is 2. The number of nitrogens with zero attached hydrogens (tertiary/aromatic N) is 3. The number of phenols is 1. The normalized spacial score (nSPS) is 21.1. The van der Waals surface area contributed by atoms with Gasteiger partial charge < -0.3 is 10.0 Å². The van der Waals surface area contributed by atoms with Gasteiger partial charge in [-0.15, -0.1) is 0 Å². The summed E-state index contributed by atoms with van der Waals surface area (Å²) in [6, 6.07) is 9.24.